The third kappa shape index (κ3) is 5.53. The van der Waals surface area contributed by atoms with E-state index < -0.39 is 6.09 Å². The maximum Gasteiger partial charge on any atom is 0.407 e. The average Bonchev–Trinajstić information content (AvgIpc) is 3.25. The second-order valence-corrected chi connectivity index (χ2v) is 9.14. The first-order valence-corrected chi connectivity index (χ1v) is 12.1. The van der Waals surface area contributed by atoms with Crippen LogP contribution in [0.2, 0.25) is 0 Å². The molecule has 0 saturated heterocycles. The Morgan fingerprint density at radius 3 is 2.37 bits per heavy atom. The van der Waals surface area contributed by atoms with Gasteiger partial charge in [-0.1, -0.05) is 90.1 Å². The first-order chi connectivity index (χ1) is 17.2. The Bertz CT molecular complexity index is 1440. The molecule has 3 aromatic carbocycles. The van der Waals surface area contributed by atoms with Crippen LogP contribution in [0.3, 0.4) is 0 Å². The van der Waals surface area contributed by atoms with Crippen molar-refractivity contribution >= 4 is 23.5 Å². The van der Waals surface area contributed by atoms with Gasteiger partial charge in [-0.2, -0.15) is 5.10 Å². The first kappa shape index (κ1) is 22.7. The highest BCUT2D eigenvalue weighted by molar-refractivity contribution is 7.99. The fourth-order valence-corrected chi connectivity index (χ4v) is 4.45. The summed E-state index contributed by atoms with van der Waals surface area (Å²) in [6, 6.07) is 31.8. The Balaban J connectivity index is 1.42. The maximum atomic E-state index is 12.5. The molecule has 0 fully saturated rings. The number of hydrogen-bond acceptors (Lipinski definition) is 5. The number of ether oxygens (including phenoxy) is 1. The van der Waals surface area contributed by atoms with Gasteiger partial charge in [0, 0.05) is 10.5 Å². The van der Waals surface area contributed by atoms with Crippen molar-refractivity contribution in [2.45, 2.75) is 30.0 Å². The molecule has 0 radical (unpaired) electrons. The molecule has 0 saturated carbocycles. The van der Waals surface area contributed by atoms with E-state index in [9.17, 15) is 4.79 Å². The van der Waals surface area contributed by atoms with Crippen molar-refractivity contribution in [3.8, 4) is 11.3 Å². The first-order valence-electron chi connectivity index (χ1n) is 11.3. The molecule has 35 heavy (non-hydrogen) atoms. The highest BCUT2D eigenvalue weighted by Gasteiger charge is 2.17. The molecule has 5 rings (SSSR count). The largest absolute Gasteiger partial charge is 0.445 e. The van der Waals surface area contributed by atoms with Gasteiger partial charge in [-0.15, -0.1) is 0 Å². The van der Waals surface area contributed by atoms with Gasteiger partial charge in [0.05, 0.1) is 17.9 Å². The molecule has 0 aliphatic rings. The van der Waals surface area contributed by atoms with Gasteiger partial charge in [-0.05, 0) is 36.8 Å². The molecule has 7 heteroatoms. The van der Waals surface area contributed by atoms with Gasteiger partial charge in [0.15, 0.2) is 5.65 Å². The second-order valence-electron chi connectivity index (χ2n) is 8.05. The monoisotopic (exact) mass is 480 g/mol. The number of fused-ring (bicyclic) bond motifs is 1. The molecule has 6 nitrogen and oxygen atoms in total. The van der Waals surface area contributed by atoms with Crippen LogP contribution in [0.4, 0.5) is 4.79 Å². The fraction of sp³-hybridized carbons (Fsp3) is 0.107. The lowest BCUT2D eigenvalue weighted by molar-refractivity contribution is 0.139. The number of aromatic nitrogens is 3. The van der Waals surface area contributed by atoms with Crippen LogP contribution in [0, 0.1) is 6.92 Å². The average molecular weight is 481 g/mol. The molecule has 1 N–H and O–H groups in total. The number of aryl methyl sites for hydroxylation is 1. The minimum absolute atomic E-state index is 0.209. The zero-order valence-corrected chi connectivity index (χ0v) is 20.0. The summed E-state index contributed by atoms with van der Waals surface area (Å²) in [5.74, 6) is 0. The number of amides is 1. The number of rotatable bonds is 7. The lowest BCUT2D eigenvalue weighted by atomic mass is 10.1. The van der Waals surface area contributed by atoms with Crippen molar-refractivity contribution in [3.05, 3.63) is 114 Å². The summed E-state index contributed by atoms with van der Waals surface area (Å²) < 4.78 is 7.20. The summed E-state index contributed by atoms with van der Waals surface area (Å²) in [7, 11) is 0. The van der Waals surface area contributed by atoms with E-state index in [2.05, 4.69) is 17.4 Å². The summed E-state index contributed by atoms with van der Waals surface area (Å²) in [5.41, 5.74) is 5.35. The van der Waals surface area contributed by atoms with Gasteiger partial charge in [0.1, 0.15) is 11.6 Å². The Labute approximate surface area is 208 Å². The zero-order valence-electron chi connectivity index (χ0n) is 19.2. The number of nitrogens with zero attached hydrogens (tertiary/aromatic N) is 3. The van der Waals surface area contributed by atoms with Gasteiger partial charge in [0.25, 0.3) is 0 Å². The summed E-state index contributed by atoms with van der Waals surface area (Å²) in [6.45, 7) is 2.48. The maximum absolute atomic E-state index is 12.5. The standard InChI is InChI=1S/C28H24N4O2S/c1-20-12-14-22(15-13-20)27-24(18-29-28(33)34-19-21-8-4-2-5-9-21)32-25(30-27)16-17-26(31-32)35-23-10-6-3-7-11-23/h2-17H,18-19H2,1H3,(H,29,33). The number of benzene rings is 3. The van der Waals surface area contributed by atoms with Crippen molar-refractivity contribution in [2.75, 3.05) is 0 Å². The molecule has 0 unspecified atom stereocenters. The van der Waals surface area contributed by atoms with E-state index in [-0.39, 0.29) is 13.2 Å². The summed E-state index contributed by atoms with van der Waals surface area (Å²) >= 11 is 1.58. The van der Waals surface area contributed by atoms with Crippen LogP contribution in [0.15, 0.2) is 107 Å². The molecule has 174 valence electrons. The van der Waals surface area contributed by atoms with E-state index in [1.165, 1.54) is 5.56 Å². The number of imidazole rings is 1. The molecular formula is C28H24N4O2S. The smallest absolute Gasteiger partial charge is 0.407 e. The normalized spacial score (nSPS) is 10.9. The third-order valence-corrected chi connectivity index (χ3v) is 6.38. The van der Waals surface area contributed by atoms with Crippen LogP contribution >= 0.6 is 11.8 Å². The molecule has 0 aliphatic carbocycles. The molecule has 2 heterocycles. The number of alkyl carbamates (subject to hydrolysis) is 1. The van der Waals surface area contributed by atoms with Gasteiger partial charge in [-0.3, -0.25) is 0 Å². The molecule has 0 bridgehead atoms. The second kappa shape index (κ2) is 10.4. The third-order valence-electron chi connectivity index (χ3n) is 5.45. The molecule has 0 spiro atoms. The summed E-state index contributed by atoms with van der Waals surface area (Å²) in [6.07, 6.45) is -0.492. The van der Waals surface area contributed by atoms with Crippen LogP contribution in [0.1, 0.15) is 16.8 Å². The molecule has 2 aromatic heterocycles. The number of carbonyl (C=O) groups excluding carboxylic acids is 1. The number of carbonyl (C=O) groups is 1. The van der Waals surface area contributed by atoms with E-state index in [0.29, 0.717) is 5.65 Å². The topological polar surface area (TPSA) is 68.5 Å². The van der Waals surface area contributed by atoms with Crippen LogP contribution in [0.5, 0.6) is 0 Å². The number of nitrogens with one attached hydrogen (secondary N) is 1. The van der Waals surface area contributed by atoms with Gasteiger partial charge in [0.2, 0.25) is 0 Å². The van der Waals surface area contributed by atoms with Crippen LogP contribution in [-0.4, -0.2) is 20.7 Å². The van der Waals surface area contributed by atoms with Crippen LogP contribution < -0.4 is 5.32 Å². The quantitative estimate of drug-likeness (QED) is 0.297. The van der Waals surface area contributed by atoms with E-state index in [1.54, 1.807) is 16.3 Å². The van der Waals surface area contributed by atoms with E-state index in [4.69, 9.17) is 14.8 Å². The van der Waals surface area contributed by atoms with E-state index in [1.807, 2.05) is 91.9 Å². The highest BCUT2D eigenvalue weighted by Crippen LogP contribution is 2.28. The molecule has 0 atom stereocenters. The minimum Gasteiger partial charge on any atom is -0.445 e. The molecule has 1 amide bonds. The van der Waals surface area contributed by atoms with E-state index in [0.717, 1.165) is 32.4 Å². The Hall–Kier alpha value is -4.10. The Kier molecular flexibility index (Phi) is 6.77. The van der Waals surface area contributed by atoms with Crippen molar-refractivity contribution in [1.29, 1.82) is 0 Å². The molecule has 0 aliphatic heterocycles. The van der Waals surface area contributed by atoms with Gasteiger partial charge in [-0.25, -0.2) is 14.3 Å². The van der Waals surface area contributed by atoms with Crippen molar-refractivity contribution in [3.63, 3.8) is 0 Å². The van der Waals surface area contributed by atoms with E-state index >= 15 is 0 Å². The lowest BCUT2D eigenvalue weighted by Gasteiger charge is -2.09. The zero-order chi connectivity index (χ0) is 24.0. The predicted molar refractivity (Wildman–Crippen MR) is 137 cm³/mol. The van der Waals surface area contributed by atoms with Gasteiger partial charge >= 0.3 is 6.09 Å². The van der Waals surface area contributed by atoms with Crippen molar-refractivity contribution in [1.82, 2.24) is 19.9 Å². The Morgan fingerprint density at radius 2 is 1.63 bits per heavy atom. The highest BCUT2D eigenvalue weighted by atomic mass is 32.2. The number of hydrogen-bond donors (Lipinski definition) is 1. The lowest BCUT2D eigenvalue weighted by Crippen LogP contribution is -2.25. The Morgan fingerprint density at radius 1 is 0.914 bits per heavy atom. The molecular weight excluding hydrogens is 456 g/mol. The fourth-order valence-electron chi connectivity index (χ4n) is 3.66. The van der Waals surface area contributed by atoms with Crippen molar-refractivity contribution in [2.24, 2.45) is 0 Å². The van der Waals surface area contributed by atoms with Crippen LogP contribution in [-0.2, 0) is 17.9 Å². The van der Waals surface area contributed by atoms with Gasteiger partial charge < -0.3 is 10.1 Å². The summed E-state index contributed by atoms with van der Waals surface area (Å²) in [4.78, 5) is 18.4. The van der Waals surface area contributed by atoms with Crippen molar-refractivity contribution < 1.29 is 9.53 Å². The summed E-state index contributed by atoms with van der Waals surface area (Å²) in [5, 5.41) is 8.54. The van der Waals surface area contributed by atoms with Crippen LogP contribution in [0.25, 0.3) is 16.9 Å². The SMILES string of the molecule is Cc1ccc(-c2nc3ccc(Sc4ccccc4)nn3c2CNC(=O)OCc2ccccc2)cc1. The molecule has 5 aromatic rings. The predicted octanol–water partition coefficient (Wildman–Crippen LogP) is 6.28. The minimum atomic E-state index is -0.492.